The summed E-state index contributed by atoms with van der Waals surface area (Å²) in [4.78, 5) is 0. The molecule has 0 saturated carbocycles. The van der Waals surface area contributed by atoms with Crippen molar-refractivity contribution < 1.29 is 4.74 Å². The van der Waals surface area contributed by atoms with Crippen molar-refractivity contribution in [3.8, 4) is 0 Å². The Morgan fingerprint density at radius 1 is 1.62 bits per heavy atom. The summed E-state index contributed by atoms with van der Waals surface area (Å²) >= 11 is 11.0. The van der Waals surface area contributed by atoms with Gasteiger partial charge in [0.2, 0.25) is 0 Å². The van der Waals surface area contributed by atoms with E-state index in [9.17, 15) is 0 Å². The van der Waals surface area contributed by atoms with Crippen LogP contribution in [0.25, 0.3) is 0 Å². The molecule has 4 heteroatoms. The topological polar surface area (TPSA) is 9.23 Å². The summed E-state index contributed by atoms with van der Waals surface area (Å²) in [7, 11) is 1.57. The number of hydrogen-bond donors (Lipinski definition) is 0. The molecule has 0 rings (SSSR count). The monoisotopic (exact) mass is 172 g/mol. The molecule has 0 aromatic heterocycles. The zero-order valence-electron chi connectivity index (χ0n) is 4.69. The third-order valence-electron chi connectivity index (χ3n) is 0.555. The number of hydrogen-bond acceptors (Lipinski definition) is 1. The first-order valence-corrected chi connectivity index (χ1v) is 5.15. The Morgan fingerprint density at radius 2 is 2.12 bits per heavy atom. The summed E-state index contributed by atoms with van der Waals surface area (Å²) < 4.78 is 4.65. The van der Waals surface area contributed by atoms with Crippen molar-refractivity contribution in [2.75, 3.05) is 7.11 Å². The van der Waals surface area contributed by atoms with E-state index in [0.717, 1.165) is 5.31 Å². The molecule has 0 aliphatic heterocycles. The molecule has 1 nitrogen and oxygen atoms in total. The van der Waals surface area contributed by atoms with Crippen LogP contribution in [0.5, 0.6) is 0 Å². The molecule has 0 unspecified atom stereocenters. The first-order valence-electron chi connectivity index (χ1n) is 1.99. The van der Waals surface area contributed by atoms with Gasteiger partial charge >= 0.3 is 0 Å². The number of methoxy groups -OCH3 is 1. The van der Waals surface area contributed by atoms with Gasteiger partial charge in [-0.2, -0.15) is 0 Å². The minimum atomic E-state index is -0.987. The highest BCUT2D eigenvalue weighted by molar-refractivity contribution is 8.06. The lowest BCUT2D eigenvalue weighted by Gasteiger charge is -1.96. The van der Waals surface area contributed by atoms with E-state index in [-0.39, 0.29) is 0 Å². The van der Waals surface area contributed by atoms with Gasteiger partial charge in [0.15, 0.2) is 0 Å². The Morgan fingerprint density at radius 3 is 2.25 bits per heavy atom. The van der Waals surface area contributed by atoms with Crippen LogP contribution in [0.3, 0.4) is 0 Å². The van der Waals surface area contributed by atoms with Crippen molar-refractivity contribution >= 4 is 29.1 Å². The highest BCUT2D eigenvalue weighted by Crippen LogP contribution is 2.54. The second kappa shape index (κ2) is 4.43. The normalized spacial score (nSPS) is 12.4. The Kier molecular flexibility index (Phi) is 4.74. The number of halogens is 2. The van der Waals surface area contributed by atoms with Gasteiger partial charge in [-0.1, -0.05) is 22.5 Å². The molecular formula is C4H7Cl2OP. The molecule has 0 radical (unpaired) electrons. The molecule has 0 aromatic carbocycles. The molecular weight excluding hydrogens is 166 g/mol. The zero-order valence-corrected chi connectivity index (χ0v) is 7.10. The average Bonchev–Trinajstić information content (AvgIpc) is 1.67. The van der Waals surface area contributed by atoms with Crippen molar-refractivity contribution in [2.45, 2.75) is 6.92 Å². The number of allylic oxidation sites excluding steroid dienone is 1. The molecule has 0 N–H and O–H groups in total. The Balaban J connectivity index is 3.61. The van der Waals surface area contributed by atoms with Crippen LogP contribution in [0.1, 0.15) is 6.92 Å². The highest BCUT2D eigenvalue weighted by atomic mass is 35.9. The standard InChI is InChI=1S/C4H7Cl2OP/c1-4(3-7-2)8(5)6/h3H,1-2H3/b4-3-. The van der Waals surface area contributed by atoms with E-state index in [4.69, 9.17) is 22.5 Å². The van der Waals surface area contributed by atoms with Crippen LogP contribution in [-0.4, -0.2) is 7.11 Å². The van der Waals surface area contributed by atoms with Gasteiger partial charge < -0.3 is 4.74 Å². The molecule has 0 bridgehead atoms. The third kappa shape index (κ3) is 3.54. The quantitative estimate of drug-likeness (QED) is 0.459. The van der Waals surface area contributed by atoms with Crippen molar-refractivity contribution in [2.24, 2.45) is 0 Å². The van der Waals surface area contributed by atoms with Crippen molar-refractivity contribution in [1.29, 1.82) is 0 Å². The Hall–Kier alpha value is 0.550. The summed E-state index contributed by atoms with van der Waals surface area (Å²) in [6, 6.07) is 0. The first kappa shape index (κ1) is 8.55. The smallest absolute Gasteiger partial charge is 0.115 e. The molecule has 0 aliphatic rings. The highest BCUT2D eigenvalue weighted by Gasteiger charge is 1.99. The van der Waals surface area contributed by atoms with Crippen LogP contribution >= 0.6 is 29.1 Å². The SMILES string of the molecule is CO/C=C(/C)P(Cl)Cl. The predicted molar refractivity (Wildman–Crippen MR) is 39.4 cm³/mol. The summed E-state index contributed by atoms with van der Waals surface area (Å²) in [5, 5.41) is 0.880. The maximum Gasteiger partial charge on any atom is 0.115 e. The van der Waals surface area contributed by atoms with Crippen LogP contribution in [-0.2, 0) is 4.74 Å². The van der Waals surface area contributed by atoms with Crippen molar-refractivity contribution in [1.82, 2.24) is 0 Å². The molecule has 8 heavy (non-hydrogen) atoms. The predicted octanol–water partition coefficient (Wildman–Crippen LogP) is 3.28. The molecule has 0 spiro atoms. The molecule has 0 amide bonds. The molecule has 0 aliphatic carbocycles. The lowest BCUT2D eigenvalue weighted by molar-refractivity contribution is 0.336. The maximum atomic E-state index is 5.49. The van der Waals surface area contributed by atoms with E-state index in [1.54, 1.807) is 13.4 Å². The maximum absolute atomic E-state index is 5.49. The fourth-order valence-electron chi connectivity index (χ4n) is 0.210. The molecule has 0 saturated heterocycles. The summed E-state index contributed by atoms with van der Waals surface area (Å²) in [5.41, 5.74) is 0. The van der Waals surface area contributed by atoms with E-state index in [1.165, 1.54) is 0 Å². The minimum absolute atomic E-state index is 0.880. The lowest BCUT2D eigenvalue weighted by Crippen LogP contribution is -1.67. The largest absolute Gasteiger partial charge is 0.504 e. The minimum Gasteiger partial charge on any atom is -0.504 e. The summed E-state index contributed by atoms with van der Waals surface area (Å²) in [6.07, 6.45) is 1.55. The van der Waals surface area contributed by atoms with Crippen molar-refractivity contribution in [3.05, 3.63) is 11.6 Å². The summed E-state index contributed by atoms with van der Waals surface area (Å²) in [6.45, 7) is 0.842. The van der Waals surface area contributed by atoms with Crippen molar-refractivity contribution in [3.63, 3.8) is 0 Å². The second-order valence-electron chi connectivity index (χ2n) is 1.23. The average molecular weight is 173 g/mol. The van der Waals surface area contributed by atoms with Gasteiger partial charge in [0.1, 0.15) is 6.63 Å². The van der Waals surface area contributed by atoms with Gasteiger partial charge in [-0.3, -0.25) is 0 Å². The second-order valence-corrected chi connectivity index (χ2v) is 4.95. The molecule has 48 valence electrons. The fourth-order valence-corrected chi connectivity index (χ4v) is 0.635. The molecule has 0 heterocycles. The Labute approximate surface area is 59.9 Å². The molecule has 0 aromatic rings. The van der Waals surface area contributed by atoms with E-state index in [0.29, 0.717) is 0 Å². The third-order valence-corrected chi connectivity index (χ3v) is 2.79. The zero-order chi connectivity index (χ0) is 6.57. The van der Waals surface area contributed by atoms with E-state index < -0.39 is 6.63 Å². The first-order chi connectivity index (χ1) is 3.68. The van der Waals surface area contributed by atoms with Crippen LogP contribution in [0.15, 0.2) is 11.6 Å². The van der Waals surface area contributed by atoms with E-state index >= 15 is 0 Å². The Bertz CT molecular complexity index is 92.0. The van der Waals surface area contributed by atoms with Gasteiger partial charge in [0.05, 0.1) is 13.4 Å². The van der Waals surface area contributed by atoms with Crippen LogP contribution in [0.4, 0.5) is 0 Å². The molecule has 0 fully saturated rings. The van der Waals surface area contributed by atoms with Gasteiger partial charge in [0.25, 0.3) is 0 Å². The van der Waals surface area contributed by atoms with Crippen LogP contribution in [0.2, 0.25) is 0 Å². The molecule has 0 atom stereocenters. The van der Waals surface area contributed by atoms with Gasteiger partial charge in [-0.15, -0.1) is 0 Å². The van der Waals surface area contributed by atoms with Gasteiger partial charge in [0, 0.05) is 5.31 Å². The number of rotatable bonds is 2. The van der Waals surface area contributed by atoms with E-state index in [1.807, 2.05) is 6.92 Å². The van der Waals surface area contributed by atoms with Gasteiger partial charge in [-0.25, -0.2) is 0 Å². The lowest BCUT2D eigenvalue weighted by atomic mass is 10.7. The number of ether oxygens (including phenoxy) is 1. The van der Waals surface area contributed by atoms with E-state index in [2.05, 4.69) is 4.74 Å². The summed E-state index contributed by atoms with van der Waals surface area (Å²) in [5.74, 6) is 0. The van der Waals surface area contributed by atoms with Crippen LogP contribution in [0, 0.1) is 0 Å². The van der Waals surface area contributed by atoms with Gasteiger partial charge in [-0.05, 0) is 6.92 Å². The fraction of sp³-hybridized carbons (Fsp3) is 0.500. The van der Waals surface area contributed by atoms with Crippen LogP contribution < -0.4 is 0 Å².